The molecule has 0 N–H and O–H groups in total. The van der Waals surface area contributed by atoms with E-state index in [0.29, 0.717) is 6.79 Å². The van der Waals surface area contributed by atoms with E-state index in [1.54, 1.807) is 11.3 Å². The number of ether oxygens (including phenoxy) is 2. The lowest BCUT2D eigenvalue weighted by Gasteiger charge is -2.35. The van der Waals surface area contributed by atoms with Crippen molar-refractivity contribution in [3.8, 4) is 21.9 Å². The standard InChI is InChI=1S/C23H22N2O3S/c26-23-18(22-6-3-13-29-22)4-1-2-5-19(23)25-11-9-24(10-12-25)15-17-7-8-20-21(14-17)28-16-27-20/h1-8,13-14H,9-12,15-16H2. The summed E-state index contributed by atoms with van der Waals surface area (Å²) in [5.74, 6) is 1.65. The fraction of sp³-hybridized carbons (Fsp3) is 0.261. The van der Waals surface area contributed by atoms with Gasteiger partial charge < -0.3 is 14.4 Å². The van der Waals surface area contributed by atoms with Crippen molar-refractivity contribution in [2.24, 2.45) is 0 Å². The van der Waals surface area contributed by atoms with E-state index >= 15 is 0 Å². The van der Waals surface area contributed by atoms with E-state index in [4.69, 9.17) is 9.47 Å². The van der Waals surface area contributed by atoms with E-state index in [1.165, 1.54) is 5.56 Å². The van der Waals surface area contributed by atoms with Gasteiger partial charge in [-0.2, -0.15) is 0 Å². The van der Waals surface area contributed by atoms with Crippen LogP contribution in [0.3, 0.4) is 0 Å². The van der Waals surface area contributed by atoms with Gasteiger partial charge in [-0.15, -0.1) is 11.3 Å². The molecule has 5 rings (SSSR count). The zero-order valence-electron chi connectivity index (χ0n) is 16.0. The smallest absolute Gasteiger partial charge is 0.231 e. The van der Waals surface area contributed by atoms with E-state index in [0.717, 1.165) is 60.4 Å². The Morgan fingerprint density at radius 2 is 1.72 bits per heavy atom. The molecule has 0 atom stereocenters. The summed E-state index contributed by atoms with van der Waals surface area (Å²) in [6, 6.07) is 17.9. The van der Waals surface area contributed by atoms with Gasteiger partial charge in [-0.05, 0) is 41.3 Å². The van der Waals surface area contributed by atoms with Crippen LogP contribution in [0, 0.1) is 0 Å². The number of piperazine rings is 1. The Hall–Kier alpha value is -2.83. The predicted octanol–water partition coefficient (Wildman–Crippen LogP) is 3.83. The lowest BCUT2D eigenvalue weighted by Crippen LogP contribution is -2.47. The molecule has 1 saturated heterocycles. The van der Waals surface area contributed by atoms with Crippen molar-refractivity contribution >= 4 is 17.0 Å². The zero-order valence-corrected chi connectivity index (χ0v) is 16.9. The van der Waals surface area contributed by atoms with Gasteiger partial charge in [0.05, 0.1) is 5.69 Å². The van der Waals surface area contributed by atoms with Gasteiger partial charge in [0.15, 0.2) is 11.5 Å². The quantitative estimate of drug-likeness (QED) is 0.659. The first-order valence-electron chi connectivity index (χ1n) is 9.81. The molecule has 0 unspecified atom stereocenters. The molecule has 0 amide bonds. The highest BCUT2D eigenvalue weighted by atomic mass is 32.1. The van der Waals surface area contributed by atoms with Crippen molar-refractivity contribution in [3.63, 3.8) is 0 Å². The fourth-order valence-electron chi connectivity index (χ4n) is 3.91. The zero-order chi connectivity index (χ0) is 19.6. The van der Waals surface area contributed by atoms with E-state index in [9.17, 15) is 4.79 Å². The van der Waals surface area contributed by atoms with Gasteiger partial charge in [-0.3, -0.25) is 9.69 Å². The molecule has 3 heterocycles. The third kappa shape index (κ3) is 3.73. The van der Waals surface area contributed by atoms with Crippen LogP contribution in [0.4, 0.5) is 5.69 Å². The summed E-state index contributed by atoms with van der Waals surface area (Å²) in [4.78, 5) is 18.8. The lowest BCUT2D eigenvalue weighted by molar-refractivity contribution is 0.174. The first-order chi connectivity index (χ1) is 14.3. The van der Waals surface area contributed by atoms with Crippen molar-refractivity contribution in [1.29, 1.82) is 0 Å². The Labute approximate surface area is 173 Å². The Morgan fingerprint density at radius 3 is 2.55 bits per heavy atom. The minimum Gasteiger partial charge on any atom is -0.454 e. The average molecular weight is 407 g/mol. The van der Waals surface area contributed by atoms with Crippen LogP contribution in [0.15, 0.2) is 64.8 Å². The topological polar surface area (TPSA) is 42.0 Å². The molecule has 2 aliphatic rings. The highest BCUT2D eigenvalue weighted by Gasteiger charge is 2.21. The molecule has 0 aliphatic carbocycles. The SMILES string of the molecule is O=c1c(-c2cccs2)ccccc1N1CCN(Cc2ccc3c(c2)OCO3)CC1. The van der Waals surface area contributed by atoms with Crippen molar-refractivity contribution < 1.29 is 9.47 Å². The van der Waals surface area contributed by atoms with Crippen molar-refractivity contribution in [2.75, 3.05) is 37.9 Å². The van der Waals surface area contributed by atoms with Crippen LogP contribution in [0.25, 0.3) is 10.4 Å². The molecule has 3 aromatic rings. The number of thiophene rings is 1. The molecule has 1 aromatic heterocycles. The van der Waals surface area contributed by atoms with Crippen LogP contribution >= 0.6 is 11.3 Å². The first kappa shape index (κ1) is 18.2. The summed E-state index contributed by atoms with van der Waals surface area (Å²) in [6.45, 7) is 4.69. The van der Waals surface area contributed by atoms with Gasteiger partial charge in [0.25, 0.3) is 0 Å². The molecule has 0 saturated carbocycles. The van der Waals surface area contributed by atoms with Crippen molar-refractivity contribution in [3.05, 3.63) is 75.8 Å². The molecule has 29 heavy (non-hydrogen) atoms. The number of nitrogens with zero attached hydrogens (tertiary/aromatic N) is 2. The van der Waals surface area contributed by atoms with Crippen LogP contribution in [0.5, 0.6) is 11.5 Å². The summed E-state index contributed by atoms with van der Waals surface area (Å²) >= 11 is 1.61. The molecular formula is C23H22N2O3S. The average Bonchev–Trinajstić information content (AvgIpc) is 3.40. The molecular weight excluding hydrogens is 384 g/mol. The fourth-order valence-corrected chi connectivity index (χ4v) is 4.66. The van der Waals surface area contributed by atoms with E-state index in [2.05, 4.69) is 21.9 Å². The van der Waals surface area contributed by atoms with Crippen LogP contribution < -0.4 is 19.8 Å². The molecule has 2 aliphatic heterocycles. The van der Waals surface area contributed by atoms with Gasteiger partial charge in [0.2, 0.25) is 12.2 Å². The van der Waals surface area contributed by atoms with Crippen molar-refractivity contribution in [2.45, 2.75) is 6.54 Å². The molecule has 5 nitrogen and oxygen atoms in total. The summed E-state index contributed by atoms with van der Waals surface area (Å²) in [7, 11) is 0. The van der Waals surface area contributed by atoms with Crippen LogP contribution in [0.2, 0.25) is 0 Å². The minimum atomic E-state index is 0.113. The maximum absolute atomic E-state index is 13.2. The Morgan fingerprint density at radius 1 is 0.897 bits per heavy atom. The Balaban J connectivity index is 1.29. The van der Waals surface area contributed by atoms with E-state index in [1.807, 2.05) is 47.8 Å². The molecule has 0 spiro atoms. The Bertz CT molecular complexity index is 1060. The number of fused-ring (bicyclic) bond motifs is 1. The number of anilines is 1. The molecule has 1 fully saturated rings. The molecule has 0 radical (unpaired) electrons. The second-order valence-electron chi connectivity index (χ2n) is 7.27. The molecule has 2 aromatic carbocycles. The second kappa shape index (κ2) is 7.89. The molecule has 0 bridgehead atoms. The first-order valence-corrected chi connectivity index (χ1v) is 10.7. The monoisotopic (exact) mass is 406 g/mol. The van der Waals surface area contributed by atoms with Gasteiger partial charge in [-0.1, -0.05) is 24.3 Å². The second-order valence-corrected chi connectivity index (χ2v) is 8.22. The molecule has 6 heteroatoms. The summed E-state index contributed by atoms with van der Waals surface area (Å²) < 4.78 is 10.9. The normalized spacial score (nSPS) is 16.2. The van der Waals surface area contributed by atoms with E-state index in [-0.39, 0.29) is 5.43 Å². The Kier molecular flexibility index (Phi) is 4.96. The van der Waals surface area contributed by atoms with Gasteiger partial charge in [0, 0.05) is 43.2 Å². The number of hydrogen-bond acceptors (Lipinski definition) is 6. The number of hydrogen-bond donors (Lipinski definition) is 0. The number of rotatable bonds is 4. The number of benzene rings is 1. The summed E-state index contributed by atoms with van der Waals surface area (Å²) in [5, 5.41) is 2.01. The lowest BCUT2D eigenvalue weighted by atomic mass is 10.1. The van der Waals surface area contributed by atoms with Crippen molar-refractivity contribution in [1.82, 2.24) is 4.90 Å². The highest BCUT2D eigenvalue weighted by molar-refractivity contribution is 7.13. The maximum atomic E-state index is 13.2. The maximum Gasteiger partial charge on any atom is 0.231 e. The van der Waals surface area contributed by atoms with Gasteiger partial charge in [-0.25, -0.2) is 0 Å². The van der Waals surface area contributed by atoms with Crippen LogP contribution in [-0.2, 0) is 6.54 Å². The highest BCUT2D eigenvalue weighted by Crippen LogP contribution is 2.33. The van der Waals surface area contributed by atoms with Gasteiger partial charge in [0.1, 0.15) is 0 Å². The summed E-state index contributed by atoms with van der Waals surface area (Å²) in [5.41, 5.74) is 2.91. The third-order valence-corrected chi connectivity index (χ3v) is 6.35. The molecule has 148 valence electrons. The minimum absolute atomic E-state index is 0.113. The largest absolute Gasteiger partial charge is 0.454 e. The van der Waals surface area contributed by atoms with Crippen LogP contribution in [-0.4, -0.2) is 37.9 Å². The van der Waals surface area contributed by atoms with E-state index < -0.39 is 0 Å². The van der Waals surface area contributed by atoms with Crippen LogP contribution in [0.1, 0.15) is 5.56 Å². The van der Waals surface area contributed by atoms with Gasteiger partial charge >= 0.3 is 0 Å². The predicted molar refractivity (Wildman–Crippen MR) is 116 cm³/mol. The summed E-state index contributed by atoms with van der Waals surface area (Å²) in [6.07, 6.45) is 0. The third-order valence-electron chi connectivity index (χ3n) is 5.45.